The summed E-state index contributed by atoms with van der Waals surface area (Å²) in [4.78, 5) is 3.47. The van der Waals surface area contributed by atoms with Crippen LogP contribution in [0.15, 0.2) is 28.3 Å². The van der Waals surface area contributed by atoms with Crippen LogP contribution >= 0.6 is 11.8 Å². The molecule has 1 heterocycles. The molecule has 1 aliphatic rings. The minimum Gasteiger partial charge on any atom is -0.409 e. The second-order valence-corrected chi connectivity index (χ2v) is 6.76. The van der Waals surface area contributed by atoms with Gasteiger partial charge in [-0.15, -0.1) is 11.8 Å². The van der Waals surface area contributed by atoms with E-state index in [1.54, 1.807) is 11.8 Å². The van der Waals surface area contributed by atoms with Crippen LogP contribution < -0.4 is 10.6 Å². The summed E-state index contributed by atoms with van der Waals surface area (Å²) in [7, 11) is 0. The molecule has 1 atom stereocenters. The highest BCUT2D eigenvalue weighted by Gasteiger charge is 2.25. The van der Waals surface area contributed by atoms with E-state index in [9.17, 15) is 0 Å². The quantitative estimate of drug-likeness (QED) is 0.277. The van der Waals surface area contributed by atoms with Crippen molar-refractivity contribution >= 4 is 23.3 Å². The molecule has 1 unspecified atom stereocenters. The summed E-state index contributed by atoms with van der Waals surface area (Å²) in [6, 6.07) is 6.20. The van der Waals surface area contributed by atoms with Crippen LogP contribution in [-0.4, -0.2) is 29.9 Å². The largest absolute Gasteiger partial charge is 0.409 e. The predicted molar refractivity (Wildman–Crippen MR) is 90.6 cm³/mol. The summed E-state index contributed by atoms with van der Waals surface area (Å²) in [6.07, 6.45) is 3.74. The van der Waals surface area contributed by atoms with E-state index in [4.69, 9.17) is 10.9 Å². The maximum atomic E-state index is 9.12. The molecule has 0 aliphatic carbocycles. The molecule has 0 saturated carbocycles. The van der Waals surface area contributed by atoms with Crippen LogP contribution in [0, 0.1) is 5.92 Å². The molecule has 0 aromatic heterocycles. The van der Waals surface area contributed by atoms with Gasteiger partial charge in [-0.3, -0.25) is 0 Å². The van der Waals surface area contributed by atoms with Crippen molar-refractivity contribution in [3.8, 4) is 0 Å². The Labute approximate surface area is 131 Å². The molecule has 2 rings (SSSR count). The average Bonchev–Trinajstić information content (AvgIpc) is 2.95. The fourth-order valence-electron chi connectivity index (χ4n) is 3.06. The van der Waals surface area contributed by atoms with Crippen molar-refractivity contribution in [3.05, 3.63) is 23.8 Å². The van der Waals surface area contributed by atoms with E-state index in [0.29, 0.717) is 0 Å². The van der Waals surface area contributed by atoms with Crippen LogP contribution in [0.5, 0.6) is 0 Å². The maximum absolute atomic E-state index is 9.12. The summed E-state index contributed by atoms with van der Waals surface area (Å²) >= 11 is 1.73. The highest BCUT2D eigenvalue weighted by atomic mass is 32.2. The van der Waals surface area contributed by atoms with Gasteiger partial charge in [0.2, 0.25) is 0 Å². The minimum atomic E-state index is 0.209. The molecule has 1 aliphatic heterocycles. The highest BCUT2D eigenvalue weighted by Crippen LogP contribution is 2.34. The molecular weight excluding hydrogens is 282 g/mol. The standard InChI is InChI=1S/C16H25N3OS/c1-3-6-12-9-10-19(11-12)13-7-5-8-14(21-4-2)15(13)16(17)18-20/h5,7-8,12,20H,3-4,6,9-11H2,1-2H3,(H2,17,18). The highest BCUT2D eigenvalue weighted by molar-refractivity contribution is 7.99. The zero-order valence-corrected chi connectivity index (χ0v) is 13.7. The molecule has 1 saturated heterocycles. The molecule has 1 aromatic rings. The van der Waals surface area contributed by atoms with Gasteiger partial charge in [-0.05, 0) is 36.6 Å². The third-order valence-corrected chi connectivity index (χ3v) is 4.93. The van der Waals surface area contributed by atoms with E-state index in [1.807, 2.05) is 6.07 Å². The molecule has 1 aromatic carbocycles. The molecular formula is C16H25N3OS. The fourth-order valence-corrected chi connectivity index (χ4v) is 3.90. The van der Waals surface area contributed by atoms with Gasteiger partial charge in [0.1, 0.15) is 0 Å². The number of benzene rings is 1. The normalized spacial score (nSPS) is 19.2. The molecule has 0 radical (unpaired) electrons. The molecule has 21 heavy (non-hydrogen) atoms. The Hall–Kier alpha value is -1.36. The monoisotopic (exact) mass is 307 g/mol. The van der Waals surface area contributed by atoms with E-state index in [0.717, 1.165) is 40.9 Å². The number of nitrogens with zero attached hydrogens (tertiary/aromatic N) is 2. The van der Waals surface area contributed by atoms with E-state index in [1.165, 1.54) is 19.3 Å². The zero-order chi connectivity index (χ0) is 15.2. The van der Waals surface area contributed by atoms with E-state index in [2.05, 4.69) is 36.0 Å². The lowest BCUT2D eigenvalue weighted by molar-refractivity contribution is 0.318. The van der Waals surface area contributed by atoms with E-state index in [-0.39, 0.29) is 5.84 Å². The maximum Gasteiger partial charge on any atom is 0.173 e. The van der Waals surface area contributed by atoms with Crippen LogP contribution in [0.4, 0.5) is 5.69 Å². The van der Waals surface area contributed by atoms with Crippen molar-refractivity contribution in [2.45, 2.75) is 38.0 Å². The summed E-state index contributed by atoms with van der Waals surface area (Å²) in [5, 5.41) is 12.4. The lowest BCUT2D eigenvalue weighted by Crippen LogP contribution is -2.25. The Balaban J connectivity index is 2.33. The lowest BCUT2D eigenvalue weighted by atomic mass is 10.0. The first-order valence-electron chi connectivity index (χ1n) is 7.69. The van der Waals surface area contributed by atoms with Gasteiger partial charge in [0, 0.05) is 23.7 Å². The number of hydrogen-bond donors (Lipinski definition) is 2. The van der Waals surface area contributed by atoms with Gasteiger partial charge in [-0.25, -0.2) is 0 Å². The van der Waals surface area contributed by atoms with Crippen molar-refractivity contribution in [2.75, 3.05) is 23.7 Å². The number of thioether (sulfide) groups is 1. The van der Waals surface area contributed by atoms with Gasteiger partial charge in [0.25, 0.3) is 0 Å². The van der Waals surface area contributed by atoms with Crippen LogP contribution in [0.25, 0.3) is 0 Å². The summed E-state index contributed by atoms with van der Waals surface area (Å²) in [5.41, 5.74) is 7.93. The first kappa shape index (κ1) is 16.0. The Bertz CT molecular complexity index is 504. The number of hydrogen-bond acceptors (Lipinski definition) is 4. The number of anilines is 1. The molecule has 5 heteroatoms. The van der Waals surface area contributed by atoms with Crippen molar-refractivity contribution in [1.29, 1.82) is 0 Å². The van der Waals surface area contributed by atoms with E-state index < -0.39 is 0 Å². The van der Waals surface area contributed by atoms with Gasteiger partial charge in [-0.1, -0.05) is 31.5 Å². The predicted octanol–water partition coefficient (Wildman–Crippen LogP) is 3.52. The summed E-state index contributed by atoms with van der Waals surface area (Å²) in [6.45, 7) is 6.47. The smallest absolute Gasteiger partial charge is 0.173 e. The second kappa shape index (κ2) is 7.59. The molecule has 3 N–H and O–H groups in total. The summed E-state index contributed by atoms with van der Waals surface area (Å²) in [5.74, 6) is 1.94. The number of nitrogens with two attached hydrogens (primary N) is 1. The van der Waals surface area contributed by atoms with Gasteiger partial charge in [-0.2, -0.15) is 0 Å². The molecule has 1 fully saturated rings. The van der Waals surface area contributed by atoms with Gasteiger partial charge >= 0.3 is 0 Å². The Morgan fingerprint density at radius 3 is 2.95 bits per heavy atom. The van der Waals surface area contributed by atoms with Crippen molar-refractivity contribution in [3.63, 3.8) is 0 Å². The SMILES string of the molecule is CCCC1CCN(c2cccc(SCC)c2/C(N)=N/O)C1. The number of amidine groups is 1. The number of oxime groups is 1. The molecule has 4 nitrogen and oxygen atoms in total. The first-order chi connectivity index (χ1) is 10.2. The Morgan fingerprint density at radius 2 is 2.29 bits per heavy atom. The first-order valence-corrected chi connectivity index (χ1v) is 8.68. The number of rotatable bonds is 6. The van der Waals surface area contributed by atoms with Crippen molar-refractivity contribution < 1.29 is 5.21 Å². The van der Waals surface area contributed by atoms with Crippen molar-refractivity contribution in [2.24, 2.45) is 16.8 Å². The summed E-state index contributed by atoms with van der Waals surface area (Å²) < 4.78 is 0. The molecule has 0 amide bonds. The van der Waals surface area contributed by atoms with Gasteiger partial charge < -0.3 is 15.8 Å². The fraction of sp³-hybridized carbons (Fsp3) is 0.562. The topological polar surface area (TPSA) is 61.8 Å². The van der Waals surface area contributed by atoms with Crippen LogP contribution in [-0.2, 0) is 0 Å². The average molecular weight is 307 g/mol. The second-order valence-electron chi connectivity index (χ2n) is 5.46. The molecule has 116 valence electrons. The molecule has 0 bridgehead atoms. The Kier molecular flexibility index (Phi) is 5.79. The molecule has 0 spiro atoms. The zero-order valence-electron chi connectivity index (χ0n) is 12.9. The van der Waals surface area contributed by atoms with Crippen LogP contribution in [0.3, 0.4) is 0 Å². The van der Waals surface area contributed by atoms with Crippen LogP contribution in [0.1, 0.15) is 38.7 Å². The third-order valence-electron chi connectivity index (χ3n) is 3.99. The third kappa shape index (κ3) is 3.64. The lowest BCUT2D eigenvalue weighted by Gasteiger charge is -2.23. The van der Waals surface area contributed by atoms with Gasteiger partial charge in [0.15, 0.2) is 5.84 Å². The van der Waals surface area contributed by atoms with Crippen molar-refractivity contribution in [1.82, 2.24) is 0 Å². The minimum absolute atomic E-state index is 0.209. The van der Waals surface area contributed by atoms with Crippen LogP contribution in [0.2, 0.25) is 0 Å². The Morgan fingerprint density at radius 1 is 1.48 bits per heavy atom. The van der Waals surface area contributed by atoms with E-state index >= 15 is 0 Å². The van der Waals surface area contributed by atoms with Gasteiger partial charge in [0.05, 0.1) is 5.56 Å².